The summed E-state index contributed by atoms with van der Waals surface area (Å²) >= 11 is 0. The Hall–Kier alpha value is -1.51. The summed E-state index contributed by atoms with van der Waals surface area (Å²) in [6.45, 7) is 1.02. The first-order valence-electron chi connectivity index (χ1n) is 6.80. The highest BCUT2D eigenvalue weighted by atomic mass is 35.5. The van der Waals surface area contributed by atoms with Gasteiger partial charge in [0.2, 0.25) is 5.91 Å². The Morgan fingerprint density at radius 3 is 2.57 bits per heavy atom. The molecule has 1 aromatic rings. The van der Waals surface area contributed by atoms with Crippen molar-refractivity contribution in [3.8, 4) is 5.75 Å². The molecule has 9 heteroatoms. The maximum atomic E-state index is 12.4. The van der Waals surface area contributed by atoms with Gasteiger partial charge in [-0.05, 0) is 25.0 Å². The van der Waals surface area contributed by atoms with Crippen molar-refractivity contribution in [2.75, 3.05) is 25.1 Å². The third-order valence-electron chi connectivity index (χ3n) is 3.65. The molecule has 1 fully saturated rings. The summed E-state index contributed by atoms with van der Waals surface area (Å²) in [4.78, 5) is 12.4. The van der Waals surface area contributed by atoms with Crippen molar-refractivity contribution in [1.82, 2.24) is 0 Å². The normalized spacial score (nSPS) is 17.0. The molecular formula is C14H18ClF3N2O3. The van der Waals surface area contributed by atoms with Crippen molar-refractivity contribution in [2.24, 2.45) is 11.1 Å². The third kappa shape index (κ3) is 5.26. The molecule has 1 aromatic carbocycles. The number of carbonyl (C=O) groups excluding carboxylic acids is 1. The largest absolute Gasteiger partial charge is 0.573 e. The fourth-order valence-electron chi connectivity index (χ4n) is 2.32. The molecule has 0 bridgehead atoms. The van der Waals surface area contributed by atoms with Gasteiger partial charge in [-0.15, -0.1) is 25.6 Å². The average Bonchev–Trinajstić information content (AvgIpc) is 2.46. The number of amides is 1. The van der Waals surface area contributed by atoms with Gasteiger partial charge >= 0.3 is 6.36 Å². The summed E-state index contributed by atoms with van der Waals surface area (Å²) in [5.41, 5.74) is 5.19. The Bertz CT molecular complexity index is 534. The van der Waals surface area contributed by atoms with E-state index in [4.69, 9.17) is 10.5 Å². The first kappa shape index (κ1) is 19.5. The predicted molar refractivity (Wildman–Crippen MR) is 80.5 cm³/mol. The van der Waals surface area contributed by atoms with Crippen molar-refractivity contribution >= 4 is 24.0 Å². The summed E-state index contributed by atoms with van der Waals surface area (Å²) < 4.78 is 45.7. The van der Waals surface area contributed by atoms with Crippen molar-refractivity contribution in [1.29, 1.82) is 0 Å². The maximum absolute atomic E-state index is 12.4. The van der Waals surface area contributed by atoms with Gasteiger partial charge in [-0.1, -0.05) is 6.07 Å². The van der Waals surface area contributed by atoms with E-state index in [1.54, 1.807) is 0 Å². The zero-order chi connectivity index (χ0) is 16.2. The van der Waals surface area contributed by atoms with Crippen molar-refractivity contribution in [3.05, 3.63) is 24.3 Å². The van der Waals surface area contributed by atoms with Gasteiger partial charge in [0.05, 0.1) is 5.41 Å². The van der Waals surface area contributed by atoms with Gasteiger partial charge in [0, 0.05) is 31.5 Å². The Balaban J connectivity index is 0.00000264. The minimum absolute atomic E-state index is 0. The quantitative estimate of drug-likeness (QED) is 0.872. The van der Waals surface area contributed by atoms with Crippen LogP contribution in [0.4, 0.5) is 18.9 Å². The molecule has 1 aliphatic heterocycles. The zero-order valence-electron chi connectivity index (χ0n) is 12.2. The Labute approximate surface area is 137 Å². The summed E-state index contributed by atoms with van der Waals surface area (Å²) in [5, 5.41) is 2.61. The number of halogens is 4. The first-order valence-corrected chi connectivity index (χ1v) is 6.80. The van der Waals surface area contributed by atoms with Gasteiger partial charge in [-0.25, -0.2) is 0 Å². The van der Waals surface area contributed by atoms with Gasteiger partial charge in [-0.2, -0.15) is 0 Å². The second-order valence-electron chi connectivity index (χ2n) is 5.13. The molecule has 1 saturated heterocycles. The van der Waals surface area contributed by atoms with E-state index in [2.05, 4.69) is 10.1 Å². The van der Waals surface area contributed by atoms with Crippen LogP contribution in [0.5, 0.6) is 5.75 Å². The van der Waals surface area contributed by atoms with Gasteiger partial charge < -0.3 is 20.5 Å². The lowest BCUT2D eigenvalue weighted by Gasteiger charge is -2.34. The lowest BCUT2D eigenvalue weighted by Crippen LogP contribution is -2.46. The average molecular weight is 355 g/mol. The molecule has 1 amide bonds. The van der Waals surface area contributed by atoms with E-state index in [0.29, 0.717) is 26.1 Å². The van der Waals surface area contributed by atoms with E-state index in [1.165, 1.54) is 12.1 Å². The molecule has 130 valence electrons. The van der Waals surface area contributed by atoms with Crippen molar-refractivity contribution < 1.29 is 27.4 Å². The van der Waals surface area contributed by atoms with Crippen LogP contribution in [0.3, 0.4) is 0 Å². The van der Waals surface area contributed by atoms with Crippen LogP contribution in [-0.4, -0.2) is 32.0 Å². The van der Waals surface area contributed by atoms with E-state index < -0.39 is 11.8 Å². The lowest BCUT2D eigenvalue weighted by atomic mass is 9.79. The SMILES string of the molecule is Cl.NCC1(C(=O)Nc2cccc(OC(F)(F)F)c2)CCOCC1. The van der Waals surface area contributed by atoms with Crippen LogP contribution < -0.4 is 15.8 Å². The molecule has 5 nitrogen and oxygen atoms in total. The number of ether oxygens (including phenoxy) is 2. The minimum atomic E-state index is -4.78. The van der Waals surface area contributed by atoms with Gasteiger partial charge in [0.1, 0.15) is 5.75 Å². The number of hydrogen-bond acceptors (Lipinski definition) is 4. The van der Waals surface area contributed by atoms with Crippen LogP contribution in [0.15, 0.2) is 24.3 Å². The van der Waals surface area contributed by atoms with Gasteiger partial charge in [0.25, 0.3) is 0 Å². The molecule has 0 aromatic heterocycles. The highest BCUT2D eigenvalue weighted by molar-refractivity contribution is 5.95. The van der Waals surface area contributed by atoms with E-state index in [-0.39, 0.29) is 36.3 Å². The highest BCUT2D eigenvalue weighted by Gasteiger charge is 2.39. The number of alkyl halides is 3. The first-order chi connectivity index (χ1) is 10.3. The van der Waals surface area contributed by atoms with Crippen LogP contribution >= 0.6 is 12.4 Å². The van der Waals surface area contributed by atoms with E-state index in [0.717, 1.165) is 12.1 Å². The van der Waals surface area contributed by atoms with Gasteiger partial charge in [-0.3, -0.25) is 4.79 Å². The molecule has 3 N–H and O–H groups in total. The van der Waals surface area contributed by atoms with Crippen molar-refractivity contribution in [2.45, 2.75) is 19.2 Å². The number of anilines is 1. The van der Waals surface area contributed by atoms with E-state index >= 15 is 0 Å². The van der Waals surface area contributed by atoms with Crippen LogP contribution in [-0.2, 0) is 9.53 Å². The number of carbonyl (C=O) groups is 1. The molecule has 0 atom stereocenters. The van der Waals surface area contributed by atoms with Crippen LogP contribution in [0, 0.1) is 5.41 Å². The fraction of sp³-hybridized carbons (Fsp3) is 0.500. The van der Waals surface area contributed by atoms with Gasteiger partial charge in [0.15, 0.2) is 0 Å². The second-order valence-corrected chi connectivity index (χ2v) is 5.13. The molecule has 0 aliphatic carbocycles. The molecule has 23 heavy (non-hydrogen) atoms. The predicted octanol–water partition coefficient (Wildman–Crippen LogP) is 2.70. The van der Waals surface area contributed by atoms with E-state index in [1.807, 2.05) is 0 Å². The number of rotatable bonds is 4. The van der Waals surface area contributed by atoms with E-state index in [9.17, 15) is 18.0 Å². The Kier molecular flexibility index (Phi) is 6.67. The molecule has 1 aliphatic rings. The third-order valence-corrected chi connectivity index (χ3v) is 3.65. The number of benzene rings is 1. The standard InChI is InChI=1S/C14H17F3N2O3.ClH/c15-14(16,17)22-11-3-1-2-10(8-11)19-12(20)13(9-18)4-6-21-7-5-13;/h1-3,8H,4-7,9,18H2,(H,19,20);1H. The molecule has 0 spiro atoms. The molecule has 0 unspecified atom stereocenters. The van der Waals surface area contributed by atoms with Crippen LogP contribution in [0.2, 0.25) is 0 Å². The van der Waals surface area contributed by atoms with Crippen LogP contribution in [0.25, 0.3) is 0 Å². The summed E-state index contributed by atoms with van der Waals surface area (Å²) in [7, 11) is 0. The zero-order valence-corrected chi connectivity index (χ0v) is 13.0. The second kappa shape index (κ2) is 7.85. The summed E-state index contributed by atoms with van der Waals surface area (Å²) in [6.07, 6.45) is -3.82. The Morgan fingerprint density at radius 1 is 1.35 bits per heavy atom. The summed E-state index contributed by atoms with van der Waals surface area (Å²) in [6, 6.07) is 5.14. The summed E-state index contributed by atoms with van der Waals surface area (Å²) in [5.74, 6) is -0.707. The number of hydrogen-bond donors (Lipinski definition) is 2. The lowest BCUT2D eigenvalue weighted by molar-refractivity contribution is -0.274. The fourth-order valence-corrected chi connectivity index (χ4v) is 2.32. The molecular weight excluding hydrogens is 337 g/mol. The molecule has 2 rings (SSSR count). The van der Waals surface area contributed by atoms with Crippen molar-refractivity contribution in [3.63, 3.8) is 0 Å². The number of nitrogens with two attached hydrogens (primary N) is 1. The molecule has 0 saturated carbocycles. The Morgan fingerprint density at radius 2 is 2.00 bits per heavy atom. The highest BCUT2D eigenvalue weighted by Crippen LogP contribution is 2.32. The topological polar surface area (TPSA) is 73.6 Å². The maximum Gasteiger partial charge on any atom is 0.573 e. The smallest absolute Gasteiger partial charge is 0.406 e. The number of nitrogens with one attached hydrogen (secondary N) is 1. The van der Waals surface area contributed by atoms with Crippen LogP contribution in [0.1, 0.15) is 12.8 Å². The monoisotopic (exact) mass is 354 g/mol. The molecule has 0 radical (unpaired) electrons. The molecule has 1 heterocycles. The minimum Gasteiger partial charge on any atom is -0.406 e.